The zero-order valence-electron chi connectivity index (χ0n) is 8.49. The first-order chi connectivity index (χ1) is 6.70. The number of carbonyl (C=O) groups is 1. The highest BCUT2D eigenvalue weighted by Gasteiger charge is 2.33. The predicted molar refractivity (Wildman–Crippen MR) is 54.0 cm³/mol. The lowest BCUT2D eigenvalue weighted by Crippen LogP contribution is -2.31. The third-order valence-electron chi connectivity index (χ3n) is 3.16. The van der Waals surface area contributed by atoms with Crippen LogP contribution in [-0.2, 0) is 4.79 Å². The Morgan fingerprint density at radius 2 is 2.43 bits per heavy atom. The Hall–Kier alpha value is -0.670. The van der Waals surface area contributed by atoms with Gasteiger partial charge in [-0.25, -0.2) is 0 Å². The van der Waals surface area contributed by atoms with Gasteiger partial charge in [-0.1, -0.05) is 6.92 Å². The Labute approximate surface area is 84.2 Å². The Kier molecular flexibility index (Phi) is 2.70. The molecular formula is C11H17NO2. The molecule has 3 atom stereocenters. The van der Waals surface area contributed by atoms with Crippen LogP contribution in [0.2, 0.25) is 0 Å². The van der Waals surface area contributed by atoms with Crippen molar-refractivity contribution in [2.75, 3.05) is 0 Å². The predicted octanol–water partition coefficient (Wildman–Crippen LogP) is 0.777. The molecule has 0 spiro atoms. The van der Waals surface area contributed by atoms with Gasteiger partial charge in [-0.3, -0.25) is 4.79 Å². The average Bonchev–Trinajstić information content (AvgIpc) is 2.53. The lowest BCUT2D eigenvalue weighted by atomic mass is 9.95. The van der Waals surface area contributed by atoms with Gasteiger partial charge in [-0.2, -0.15) is 0 Å². The summed E-state index contributed by atoms with van der Waals surface area (Å²) in [5, 5.41) is 13.1. The van der Waals surface area contributed by atoms with Gasteiger partial charge in [0.2, 0.25) is 0 Å². The maximum Gasteiger partial charge on any atom is 0.159 e. The first-order valence-electron chi connectivity index (χ1n) is 5.39. The molecule has 0 unspecified atom stereocenters. The Morgan fingerprint density at radius 3 is 3.14 bits per heavy atom. The van der Waals surface area contributed by atoms with E-state index in [4.69, 9.17) is 0 Å². The van der Waals surface area contributed by atoms with Crippen molar-refractivity contribution in [3.63, 3.8) is 0 Å². The highest BCUT2D eigenvalue weighted by Crippen LogP contribution is 2.27. The summed E-state index contributed by atoms with van der Waals surface area (Å²) in [6.45, 7) is 1.87. The van der Waals surface area contributed by atoms with E-state index in [1.54, 1.807) is 6.08 Å². The van der Waals surface area contributed by atoms with Crippen LogP contribution in [0.25, 0.3) is 0 Å². The van der Waals surface area contributed by atoms with Crippen molar-refractivity contribution >= 4 is 5.78 Å². The molecule has 2 aliphatic rings. The van der Waals surface area contributed by atoms with Crippen LogP contribution in [0.5, 0.6) is 0 Å². The van der Waals surface area contributed by atoms with Crippen LogP contribution in [0.4, 0.5) is 0 Å². The lowest BCUT2D eigenvalue weighted by Gasteiger charge is -2.12. The van der Waals surface area contributed by atoms with Gasteiger partial charge in [0.15, 0.2) is 5.78 Å². The van der Waals surface area contributed by atoms with Crippen molar-refractivity contribution < 1.29 is 9.90 Å². The maximum atomic E-state index is 11.6. The van der Waals surface area contributed by atoms with Crippen LogP contribution >= 0.6 is 0 Å². The normalized spacial score (nSPS) is 36.4. The molecule has 0 saturated carbocycles. The summed E-state index contributed by atoms with van der Waals surface area (Å²) < 4.78 is 0. The van der Waals surface area contributed by atoms with Crippen molar-refractivity contribution in [1.29, 1.82) is 0 Å². The molecule has 3 heteroatoms. The quantitative estimate of drug-likeness (QED) is 0.684. The number of aliphatic hydroxyl groups excluding tert-OH is 1. The average molecular weight is 195 g/mol. The molecule has 2 rings (SSSR count). The Morgan fingerprint density at radius 1 is 1.64 bits per heavy atom. The van der Waals surface area contributed by atoms with Crippen molar-refractivity contribution in [1.82, 2.24) is 5.32 Å². The highest BCUT2D eigenvalue weighted by molar-refractivity contribution is 5.96. The first-order valence-corrected chi connectivity index (χ1v) is 5.39. The van der Waals surface area contributed by atoms with Crippen LogP contribution in [-0.4, -0.2) is 29.1 Å². The lowest BCUT2D eigenvalue weighted by molar-refractivity contribution is -0.115. The molecule has 0 amide bonds. The Balaban J connectivity index is 2.22. The number of carbonyl (C=O) groups excluding carboxylic acids is 1. The molecule has 0 aromatic heterocycles. The number of aliphatic hydroxyl groups is 1. The van der Waals surface area contributed by atoms with E-state index in [-0.39, 0.29) is 11.8 Å². The summed E-state index contributed by atoms with van der Waals surface area (Å²) >= 11 is 0. The summed E-state index contributed by atoms with van der Waals surface area (Å²) in [6, 6.07) is 0.595. The SMILES string of the molecule is CCC(=O)C1=C[C@H](O)C[C@@H]2CC[C@H]1N2. The van der Waals surface area contributed by atoms with Crippen LogP contribution in [0.1, 0.15) is 32.6 Å². The van der Waals surface area contributed by atoms with Gasteiger partial charge in [-0.15, -0.1) is 0 Å². The zero-order chi connectivity index (χ0) is 10.1. The van der Waals surface area contributed by atoms with Gasteiger partial charge in [-0.05, 0) is 25.3 Å². The van der Waals surface area contributed by atoms with E-state index in [0.29, 0.717) is 12.5 Å². The van der Waals surface area contributed by atoms with Crippen LogP contribution < -0.4 is 5.32 Å². The molecule has 2 N–H and O–H groups in total. The zero-order valence-corrected chi connectivity index (χ0v) is 8.49. The van der Waals surface area contributed by atoms with E-state index in [2.05, 4.69) is 5.32 Å². The number of fused-ring (bicyclic) bond motifs is 2. The molecule has 78 valence electrons. The van der Waals surface area contributed by atoms with Gasteiger partial charge in [0.25, 0.3) is 0 Å². The minimum atomic E-state index is -0.441. The maximum absolute atomic E-state index is 11.6. The van der Waals surface area contributed by atoms with Crippen LogP contribution in [0.3, 0.4) is 0 Å². The summed E-state index contributed by atoms with van der Waals surface area (Å²) in [5.41, 5.74) is 0.806. The fourth-order valence-electron chi connectivity index (χ4n) is 2.42. The second kappa shape index (κ2) is 3.83. The molecule has 1 fully saturated rings. The minimum Gasteiger partial charge on any atom is -0.389 e. The second-order valence-corrected chi connectivity index (χ2v) is 4.20. The van der Waals surface area contributed by atoms with E-state index in [0.717, 1.165) is 24.8 Å². The molecule has 1 saturated heterocycles. The number of hydrogen-bond acceptors (Lipinski definition) is 3. The molecule has 0 aromatic carbocycles. The number of nitrogens with one attached hydrogen (secondary N) is 1. The fourth-order valence-corrected chi connectivity index (χ4v) is 2.42. The second-order valence-electron chi connectivity index (χ2n) is 4.20. The molecule has 0 radical (unpaired) electrons. The monoisotopic (exact) mass is 195 g/mol. The van der Waals surface area contributed by atoms with Crippen molar-refractivity contribution in [2.24, 2.45) is 0 Å². The number of hydrogen-bond donors (Lipinski definition) is 2. The van der Waals surface area contributed by atoms with E-state index in [9.17, 15) is 9.90 Å². The summed E-state index contributed by atoms with van der Waals surface area (Å²) in [5.74, 6) is 0.170. The third kappa shape index (κ3) is 1.74. The van der Waals surface area contributed by atoms with Crippen LogP contribution in [0.15, 0.2) is 11.6 Å². The molecule has 3 nitrogen and oxygen atoms in total. The third-order valence-corrected chi connectivity index (χ3v) is 3.16. The summed E-state index contributed by atoms with van der Waals surface area (Å²) in [7, 11) is 0. The van der Waals surface area contributed by atoms with E-state index in [1.807, 2.05) is 6.92 Å². The molecular weight excluding hydrogens is 178 g/mol. The molecule has 0 aromatic rings. The Bertz CT molecular complexity index is 272. The van der Waals surface area contributed by atoms with Gasteiger partial charge in [0, 0.05) is 24.1 Å². The summed E-state index contributed by atoms with van der Waals surface area (Å²) in [4.78, 5) is 11.6. The number of rotatable bonds is 2. The highest BCUT2D eigenvalue weighted by atomic mass is 16.3. The molecule has 2 bridgehead atoms. The van der Waals surface area contributed by atoms with Crippen molar-refractivity contribution in [3.05, 3.63) is 11.6 Å². The standard InChI is InChI=1S/C11H17NO2/c1-2-11(14)9-6-8(13)5-7-3-4-10(9)12-7/h6-8,10,12-13H,2-5H2,1H3/t7-,8+,10+/m0/s1. The summed E-state index contributed by atoms with van der Waals surface area (Å²) in [6.07, 6.45) is 4.70. The molecule has 14 heavy (non-hydrogen) atoms. The molecule has 0 aliphatic carbocycles. The van der Waals surface area contributed by atoms with Gasteiger partial charge in [0.1, 0.15) is 0 Å². The van der Waals surface area contributed by atoms with E-state index in [1.165, 1.54) is 0 Å². The molecule has 2 heterocycles. The fraction of sp³-hybridized carbons (Fsp3) is 0.727. The largest absolute Gasteiger partial charge is 0.389 e. The minimum absolute atomic E-state index is 0.170. The smallest absolute Gasteiger partial charge is 0.159 e. The topological polar surface area (TPSA) is 49.3 Å². The van der Waals surface area contributed by atoms with Gasteiger partial charge in [0.05, 0.1) is 6.10 Å². The van der Waals surface area contributed by atoms with Crippen molar-refractivity contribution in [2.45, 2.75) is 50.8 Å². The van der Waals surface area contributed by atoms with Gasteiger partial charge >= 0.3 is 0 Å². The number of ketones is 1. The van der Waals surface area contributed by atoms with Crippen LogP contribution in [0, 0.1) is 0 Å². The van der Waals surface area contributed by atoms with E-state index < -0.39 is 6.10 Å². The van der Waals surface area contributed by atoms with E-state index >= 15 is 0 Å². The first kappa shape index (κ1) is 9.87. The molecule has 2 aliphatic heterocycles. The van der Waals surface area contributed by atoms with Gasteiger partial charge < -0.3 is 10.4 Å². The van der Waals surface area contributed by atoms with Crippen molar-refractivity contribution in [3.8, 4) is 0 Å². The number of Topliss-reactive ketones (excluding diaryl/α,β-unsaturated/α-hetero) is 1.